The normalized spacial score (nSPS) is 11.1. The number of Topliss-reactive ketones (excluding diaryl/α,β-unsaturated/α-hetero) is 1. The minimum absolute atomic E-state index is 0.152. The first-order valence-electron chi connectivity index (χ1n) is 6.87. The van der Waals surface area contributed by atoms with Crippen LogP contribution in [0.2, 0.25) is 0 Å². The molecule has 0 aromatic carbocycles. The molecule has 0 spiro atoms. The van der Waals surface area contributed by atoms with Gasteiger partial charge in [0.1, 0.15) is 5.69 Å². The van der Waals surface area contributed by atoms with Gasteiger partial charge in [0.2, 0.25) is 5.88 Å². The smallest absolute Gasteiger partial charge is 0.282 e. The zero-order valence-electron chi connectivity index (χ0n) is 12.2. The summed E-state index contributed by atoms with van der Waals surface area (Å²) < 4.78 is 32.2. The molecule has 0 atom stereocenters. The van der Waals surface area contributed by atoms with Crippen molar-refractivity contribution in [3.63, 3.8) is 0 Å². The van der Waals surface area contributed by atoms with E-state index in [4.69, 9.17) is 4.74 Å². The summed E-state index contributed by atoms with van der Waals surface area (Å²) in [6, 6.07) is 7.79. The first-order valence-corrected chi connectivity index (χ1v) is 6.87. The largest absolute Gasteiger partial charge is 0.481 e. The van der Waals surface area contributed by atoms with Crippen molar-refractivity contribution in [2.75, 3.05) is 7.11 Å². The Bertz CT molecular complexity index is 847. The van der Waals surface area contributed by atoms with Crippen LogP contribution in [-0.4, -0.2) is 27.5 Å². The Kier molecular flexibility index (Phi) is 4.01. The molecule has 3 aromatic heterocycles. The number of halogens is 2. The summed E-state index contributed by atoms with van der Waals surface area (Å²) in [4.78, 5) is 16.4. The Labute approximate surface area is 130 Å². The third-order valence-electron chi connectivity index (χ3n) is 3.45. The van der Waals surface area contributed by atoms with E-state index in [1.165, 1.54) is 23.8 Å². The predicted octanol–water partition coefficient (Wildman–Crippen LogP) is 3.10. The van der Waals surface area contributed by atoms with E-state index in [1.807, 2.05) is 0 Å². The van der Waals surface area contributed by atoms with Crippen LogP contribution in [0.25, 0.3) is 5.52 Å². The van der Waals surface area contributed by atoms with Crippen molar-refractivity contribution in [2.45, 2.75) is 12.8 Å². The molecule has 7 heteroatoms. The quantitative estimate of drug-likeness (QED) is 0.679. The van der Waals surface area contributed by atoms with Crippen LogP contribution in [0, 0.1) is 0 Å². The molecule has 0 saturated heterocycles. The molecule has 0 aliphatic heterocycles. The second kappa shape index (κ2) is 6.12. The van der Waals surface area contributed by atoms with Crippen molar-refractivity contribution in [1.82, 2.24) is 14.6 Å². The summed E-state index contributed by atoms with van der Waals surface area (Å²) in [5.74, 6) is 0.0944. The summed E-state index contributed by atoms with van der Waals surface area (Å²) in [6.45, 7) is 0. The molecular weight excluding hydrogens is 304 g/mol. The van der Waals surface area contributed by atoms with Crippen LogP contribution in [0.3, 0.4) is 0 Å². The van der Waals surface area contributed by atoms with E-state index in [9.17, 15) is 13.6 Å². The predicted molar refractivity (Wildman–Crippen MR) is 79.0 cm³/mol. The van der Waals surface area contributed by atoms with E-state index < -0.39 is 12.1 Å². The Hall–Kier alpha value is -2.83. The summed E-state index contributed by atoms with van der Waals surface area (Å²) in [5, 5.41) is 3.81. The van der Waals surface area contributed by atoms with Crippen LogP contribution >= 0.6 is 0 Å². The van der Waals surface area contributed by atoms with Gasteiger partial charge in [-0.1, -0.05) is 0 Å². The Morgan fingerprint density at radius 3 is 2.65 bits per heavy atom. The molecule has 0 amide bonds. The number of pyridine rings is 2. The molecule has 0 radical (unpaired) electrons. The van der Waals surface area contributed by atoms with Gasteiger partial charge in [0.05, 0.1) is 12.6 Å². The van der Waals surface area contributed by atoms with Crippen molar-refractivity contribution in [2.24, 2.45) is 0 Å². The molecule has 118 valence electrons. The van der Waals surface area contributed by atoms with E-state index in [0.29, 0.717) is 11.1 Å². The van der Waals surface area contributed by atoms with E-state index in [2.05, 4.69) is 10.1 Å². The van der Waals surface area contributed by atoms with E-state index in [0.717, 1.165) is 5.56 Å². The SMILES string of the molecule is COc1ccc(C(=O)Cc2ccncc2)c2cc(C(F)F)nn12. The maximum atomic E-state index is 12.9. The zero-order chi connectivity index (χ0) is 16.4. The summed E-state index contributed by atoms with van der Waals surface area (Å²) in [7, 11) is 1.41. The average Bonchev–Trinajstić information content (AvgIpc) is 3.00. The van der Waals surface area contributed by atoms with Gasteiger partial charge >= 0.3 is 0 Å². The summed E-state index contributed by atoms with van der Waals surface area (Å²) >= 11 is 0. The van der Waals surface area contributed by atoms with Crippen LogP contribution in [0.5, 0.6) is 5.88 Å². The van der Waals surface area contributed by atoms with E-state index >= 15 is 0 Å². The van der Waals surface area contributed by atoms with Gasteiger partial charge < -0.3 is 4.74 Å². The van der Waals surface area contributed by atoms with Crippen LogP contribution in [0.15, 0.2) is 42.7 Å². The number of rotatable bonds is 5. The molecule has 0 N–H and O–H groups in total. The minimum Gasteiger partial charge on any atom is -0.481 e. The summed E-state index contributed by atoms with van der Waals surface area (Å²) in [6.07, 6.45) is 0.627. The minimum atomic E-state index is -2.72. The zero-order valence-corrected chi connectivity index (χ0v) is 12.2. The van der Waals surface area contributed by atoms with Crippen LogP contribution in [-0.2, 0) is 6.42 Å². The number of aromatic nitrogens is 3. The molecular formula is C16H13F2N3O2. The number of alkyl halides is 2. The molecule has 0 aliphatic rings. The van der Waals surface area contributed by atoms with Gasteiger partial charge in [-0.05, 0) is 29.8 Å². The highest BCUT2D eigenvalue weighted by Crippen LogP contribution is 2.25. The Balaban J connectivity index is 2.05. The monoisotopic (exact) mass is 317 g/mol. The van der Waals surface area contributed by atoms with E-state index in [1.54, 1.807) is 30.6 Å². The standard InChI is InChI=1S/C16H13F2N3O2/c1-23-15-3-2-11(13-9-12(16(17)18)20-21(13)15)14(22)8-10-4-6-19-7-5-10/h2-7,9,16H,8H2,1H3. The molecule has 0 saturated carbocycles. The van der Waals surface area contributed by atoms with Gasteiger partial charge in [0, 0.05) is 30.4 Å². The maximum Gasteiger partial charge on any atom is 0.282 e. The number of carbonyl (C=O) groups is 1. The molecule has 3 aromatic rings. The van der Waals surface area contributed by atoms with Crippen LogP contribution in [0.4, 0.5) is 8.78 Å². The van der Waals surface area contributed by atoms with Crippen molar-refractivity contribution < 1.29 is 18.3 Å². The number of carbonyl (C=O) groups excluding carboxylic acids is 1. The van der Waals surface area contributed by atoms with E-state index in [-0.39, 0.29) is 18.1 Å². The molecule has 23 heavy (non-hydrogen) atoms. The highest BCUT2D eigenvalue weighted by Gasteiger charge is 2.19. The average molecular weight is 317 g/mol. The molecule has 3 rings (SSSR count). The first kappa shape index (κ1) is 15.1. The van der Waals surface area contributed by atoms with Crippen molar-refractivity contribution in [3.05, 3.63) is 59.5 Å². The molecule has 5 nitrogen and oxygen atoms in total. The molecule has 0 fully saturated rings. The van der Waals surface area contributed by atoms with Crippen molar-refractivity contribution in [3.8, 4) is 5.88 Å². The Morgan fingerprint density at radius 1 is 1.26 bits per heavy atom. The number of hydrogen-bond acceptors (Lipinski definition) is 4. The lowest BCUT2D eigenvalue weighted by atomic mass is 10.0. The fourth-order valence-corrected chi connectivity index (χ4v) is 2.35. The summed E-state index contributed by atoms with van der Waals surface area (Å²) in [5.41, 5.74) is 1.03. The second-order valence-corrected chi connectivity index (χ2v) is 4.91. The fraction of sp³-hybridized carbons (Fsp3) is 0.188. The number of fused-ring (bicyclic) bond motifs is 1. The second-order valence-electron chi connectivity index (χ2n) is 4.91. The van der Waals surface area contributed by atoms with Gasteiger partial charge in [-0.2, -0.15) is 9.61 Å². The highest BCUT2D eigenvalue weighted by molar-refractivity contribution is 6.03. The number of hydrogen-bond donors (Lipinski definition) is 0. The molecule has 3 heterocycles. The topological polar surface area (TPSA) is 56.5 Å². The molecule has 0 bridgehead atoms. The van der Waals surface area contributed by atoms with Gasteiger partial charge in [-0.3, -0.25) is 9.78 Å². The van der Waals surface area contributed by atoms with Crippen molar-refractivity contribution >= 4 is 11.3 Å². The molecule has 0 unspecified atom stereocenters. The first-order chi connectivity index (χ1) is 11.1. The lowest BCUT2D eigenvalue weighted by Crippen LogP contribution is -2.07. The van der Waals surface area contributed by atoms with Crippen LogP contribution in [0.1, 0.15) is 28.0 Å². The van der Waals surface area contributed by atoms with Gasteiger partial charge in [0.25, 0.3) is 6.43 Å². The van der Waals surface area contributed by atoms with Gasteiger partial charge in [0.15, 0.2) is 5.78 Å². The highest BCUT2D eigenvalue weighted by atomic mass is 19.3. The lowest BCUT2D eigenvalue weighted by Gasteiger charge is -2.07. The van der Waals surface area contributed by atoms with Crippen molar-refractivity contribution in [1.29, 1.82) is 0 Å². The number of methoxy groups -OCH3 is 1. The third kappa shape index (κ3) is 2.90. The number of nitrogens with zero attached hydrogens (tertiary/aromatic N) is 3. The maximum absolute atomic E-state index is 12.9. The van der Waals surface area contributed by atoms with Gasteiger partial charge in [-0.25, -0.2) is 8.78 Å². The van der Waals surface area contributed by atoms with Crippen LogP contribution < -0.4 is 4.74 Å². The Morgan fingerprint density at radius 2 is 2.00 bits per heavy atom. The lowest BCUT2D eigenvalue weighted by molar-refractivity contribution is 0.0994. The number of ketones is 1. The molecule has 0 aliphatic carbocycles. The fourth-order valence-electron chi connectivity index (χ4n) is 2.35. The number of ether oxygens (including phenoxy) is 1. The third-order valence-corrected chi connectivity index (χ3v) is 3.45. The van der Waals surface area contributed by atoms with Gasteiger partial charge in [-0.15, -0.1) is 0 Å².